The molecule has 1 aliphatic rings. The predicted octanol–water partition coefficient (Wildman–Crippen LogP) is 3.62. The molecule has 1 fully saturated rings. The highest BCUT2D eigenvalue weighted by molar-refractivity contribution is 5.95. The monoisotopic (exact) mass is 328 g/mol. The van der Waals surface area contributed by atoms with E-state index < -0.39 is 0 Å². The van der Waals surface area contributed by atoms with E-state index in [1.807, 2.05) is 24.3 Å². The molecular weight excluding hydrogens is 307 g/mol. The molecule has 2 aromatic carbocycles. The zero-order chi connectivity index (χ0) is 16.9. The molecule has 0 atom stereocenters. The maximum Gasteiger partial charge on any atom is 0.228 e. The Labute approximate surface area is 141 Å². The lowest BCUT2D eigenvalue weighted by Crippen LogP contribution is -2.22. The Balaban J connectivity index is 1.72. The van der Waals surface area contributed by atoms with Crippen molar-refractivity contribution in [1.29, 1.82) is 0 Å². The van der Waals surface area contributed by atoms with Gasteiger partial charge in [0.1, 0.15) is 11.6 Å². The number of nitrogens with one attached hydrogen (secondary N) is 1. The molecule has 0 spiro atoms. The van der Waals surface area contributed by atoms with Crippen molar-refractivity contribution in [3.05, 3.63) is 53.8 Å². The number of anilines is 2. The molecule has 1 saturated heterocycles. The second-order valence-corrected chi connectivity index (χ2v) is 5.93. The number of carbonyl (C=O) groups excluding carboxylic acids is 1. The molecule has 0 radical (unpaired) electrons. The summed E-state index contributed by atoms with van der Waals surface area (Å²) in [5.74, 6) is 0.240. The SMILES string of the molecule is COc1ccc(CC(=O)Nc2cc(F)ccc2N2CCCC2)cc1. The first-order chi connectivity index (χ1) is 11.7. The van der Waals surface area contributed by atoms with Crippen molar-refractivity contribution >= 4 is 17.3 Å². The fourth-order valence-electron chi connectivity index (χ4n) is 2.97. The molecule has 24 heavy (non-hydrogen) atoms. The van der Waals surface area contributed by atoms with Crippen LogP contribution in [0, 0.1) is 5.82 Å². The second kappa shape index (κ2) is 7.34. The van der Waals surface area contributed by atoms with Gasteiger partial charge in [0.2, 0.25) is 5.91 Å². The largest absolute Gasteiger partial charge is 0.497 e. The molecule has 2 aromatic rings. The van der Waals surface area contributed by atoms with E-state index in [-0.39, 0.29) is 18.1 Å². The molecule has 5 heteroatoms. The van der Waals surface area contributed by atoms with Crippen molar-refractivity contribution < 1.29 is 13.9 Å². The van der Waals surface area contributed by atoms with Crippen LogP contribution in [0.5, 0.6) is 5.75 Å². The Bertz CT molecular complexity index is 710. The van der Waals surface area contributed by atoms with Crippen molar-refractivity contribution in [2.75, 3.05) is 30.4 Å². The van der Waals surface area contributed by atoms with E-state index >= 15 is 0 Å². The van der Waals surface area contributed by atoms with Gasteiger partial charge >= 0.3 is 0 Å². The zero-order valence-corrected chi connectivity index (χ0v) is 13.7. The number of benzene rings is 2. The molecule has 0 bridgehead atoms. The van der Waals surface area contributed by atoms with Crippen molar-refractivity contribution in [2.24, 2.45) is 0 Å². The molecule has 0 saturated carbocycles. The van der Waals surface area contributed by atoms with Gasteiger partial charge in [-0.3, -0.25) is 4.79 Å². The number of methoxy groups -OCH3 is 1. The Morgan fingerprint density at radius 3 is 2.54 bits per heavy atom. The van der Waals surface area contributed by atoms with Gasteiger partial charge in [0.15, 0.2) is 0 Å². The molecule has 0 aromatic heterocycles. The maximum absolute atomic E-state index is 13.6. The first-order valence-corrected chi connectivity index (χ1v) is 8.13. The van der Waals surface area contributed by atoms with Crippen molar-refractivity contribution in [3.63, 3.8) is 0 Å². The summed E-state index contributed by atoms with van der Waals surface area (Å²) >= 11 is 0. The van der Waals surface area contributed by atoms with E-state index in [2.05, 4.69) is 10.2 Å². The van der Waals surface area contributed by atoms with Crippen molar-refractivity contribution in [1.82, 2.24) is 0 Å². The fraction of sp³-hybridized carbons (Fsp3) is 0.316. The quantitative estimate of drug-likeness (QED) is 0.911. The molecule has 3 rings (SSSR count). The minimum atomic E-state index is -0.349. The van der Waals surface area contributed by atoms with E-state index in [9.17, 15) is 9.18 Å². The van der Waals surface area contributed by atoms with E-state index in [0.29, 0.717) is 5.69 Å². The van der Waals surface area contributed by atoms with Crippen LogP contribution < -0.4 is 15.0 Å². The van der Waals surface area contributed by atoms with Crippen LogP contribution in [0.4, 0.5) is 15.8 Å². The van der Waals surface area contributed by atoms with Gasteiger partial charge < -0.3 is 15.0 Å². The van der Waals surface area contributed by atoms with Gasteiger partial charge in [0.25, 0.3) is 0 Å². The number of carbonyl (C=O) groups is 1. The summed E-state index contributed by atoms with van der Waals surface area (Å²) in [6, 6.07) is 11.9. The third-order valence-corrected chi connectivity index (χ3v) is 4.20. The molecular formula is C19H21FN2O2. The average Bonchev–Trinajstić information content (AvgIpc) is 3.10. The predicted molar refractivity (Wildman–Crippen MR) is 93.2 cm³/mol. The summed E-state index contributed by atoms with van der Waals surface area (Å²) in [5, 5.41) is 2.85. The number of amides is 1. The van der Waals surface area contributed by atoms with Crippen molar-refractivity contribution in [3.8, 4) is 5.75 Å². The Hall–Kier alpha value is -2.56. The van der Waals surface area contributed by atoms with Crippen LogP contribution >= 0.6 is 0 Å². The van der Waals surface area contributed by atoms with Crippen LogP contribution in [0.2, 0.25) is 0 Å². The summed E-state index contributed by atoms with van der Waals surface area (Å²) in [6.45, 7) is 1.87. The van der Waals surface area contributed by atoms with Crippen LogP contribution in [-0.2, 0) is 11.2 Å². The van der Waals surface area contributed by atoms with E-state index in [1.165, 1.54) is 12.1 Å². The lowest BCUT2D eigenvalue weighted by molar-refractivity contribution is -0.115. The van der Waals surface area contributed by atoms with Gasteiger partial charge in [0, 0.05) is 13.1 Å². The summed E-state index contributed by atoms with van der Waals surface area (Å²) < 4.78 is 18.7. The van der Waals surface area contributed by atoms with Gasteiger partial charge in [-0.15, -0.1) is 0 Å². The molecule has 1 aliphatic heterocycles. The van der Waals surface area contributed by atoms with Crippen LogP contribution in [0.15, 0.2) is 42.5 Å². The third kappa shape index (κ3) is 3.85. The van der Waals surface area contributed by atoms with Gasteiger partial charge in [0.05, 0.1) is 24.9 Å². The Morgan fingerprint density at radius 2 is 1.88 bits per heavy atom. The first kappa shape index (κ1) is 16.3. The number of ether oxygens (including phenoxy) is 1. The highest BCUT2D eigenvalue weighted by atomic mass is 19.1. The number of rotatable bonds is 5. The van der Waals surface area contributed by atoms with Crippen molar-refractivity contribution in [2.45, 2.75) is 19.3 Å². The second-order valence-electron chi connectivity index (χ2n) is 5.93. The summed E-state index contributed by atoms with van der Waals surface area (Å²) in [4.78, 5) is 14.5. The molecule has 0 aliphatic carbocycles. The van der Waals surface area contributed by atoms with Crippen LogP contribution in [0.3, 0.4) is 0 Å². The minimum absolute atomic E-state index is 0.161. The average molecular weight is 328 g/mol. The lowest BCUT2D eigenvalue weighted by Gasteiger charge is -2.21. The molecule has 4 nitrogen and oxygen atoms in total. The highest BCUT2D eigenvalue weighted by Gasteiger charge is 2.17. The summed E-state index contributed by atoms with van der Waals surface area (Å²) in [6.07, 6.45) is 2.48. The number of nitrogens with zero attached hydrogens (tertiary/aromatic N) is 1. The lowest BCUT2D eigenvalue weighted by atomic mass is 10.1. The van der Waals surface area contributed by atoms with Gasteiger partial charge in [-0.1, -0.05) is 12.1 Å². The zero-order valence-electron chi connectivity index (χ0n) is 13.7. The topological polar surface area (TPSA) is 41.6 Å². The van der Waals surface area contributed by atoms with Gasteiger partial charge in [-0.2, -0.15) is 0 Å². The van der Waals surface area contributed by atoms with Gasteiger partial charge in [-0.05, 0) is 48.7 Å². The number of hydrogen-bond donors (Lipinski definition) is 1. The molecule has 126 valence electrons. The minimum Gasteiger partial charge on any atom is -0.497 e. The molecule has 0 unspecified atom stereocenters. The number of halogens is 1. The Morgan fingerprint density at radius 1 is 1.17 bits per heavy atom. The standard InChI is InChI=1S/C19H21FN2O2/c1-24-16-7-4-14(5-8-16)12-19(23)21-17-13-15(20)6-9-18(17)22-10-2-3-11-22/h4-9,13H,2-3,10-12H2,1H3,(H,21,23). The normalized spacial score (nSPS) is 13.8. The molecule has 1 N–H and O–H groups in total. The van der Waals surface area contributed by atoms with E-state index in [1.54, 1.807) is 13.2 Å². The van der Waals surface area contributed by atoms with E-state index in [0.717, 1.165) is 42.9 Å². The maximum atomic E-state index is 13.6. The van der Waals surface area contributed by atoms with Gasteiger partial charge in [-0.25, -0.2) is 4.39 Å². The smallest absolute Gasteiger partial charge is 0.228 e. The fourth-order valence-corrected chi connectivity index (χ4v) is 2.97. The Kier molecular flexibility index (Phi) is 4.99. The van der Waals surface area contributed by atoms with E-state index in [4.69, 9.17) is 4.74 Å². The summed E-state index contributed by atoms with van der Waals surface area (Å²) in [5.41, 5.74) is 2.31. The molecule has 1 heterocycles. The third-order valence-electron chi connectivity index (χ3n) is 4.20. The highest BCUT2D eigenvalue weighted by Crippen LogP contribution is 2.29. The molecule has 1 amide bonds. The summed E-state index contributed by atoms with van der Waals surface area (Å²) in [7, 11) is 1.60. The van der Waals surface area contributed by atoms with Crippen LogP contribution in [-0.4, -0.2) is 26.1 Å². The first-order valence-electron chi connectivity index (χ1n) is 8.13. The van der Waals surface area contributed by atoms with Crippen LogP contribution in [0.25, 0.3) is 0 Å². The number of hydrogen-bond acceptors (Lipinski definition) is 3. The van der Waals surface area contributed by atoms with Crippen LogP contribution in [0.1, 0.15) is 18.4 Å².